The lowest BCUT2D eigenvalue weighted by Crippen LogP contribution is -2.01. The van der Waals surface area contributed by atoms with Gasteiger partial charge in [-0.05, 0) is 24.6 Å². The normalized spacial score (nSPS) is 10.7. The second-order valence-electron chi connectivity index (χ2n) is 4.32. The largest absolute Gasteiger partial charge is 0.481 e. The van der Waals surface area contributed by atoms with Crippen molar-refractivity contribution < 1.29 is 14.6 Å². The van der Waals surface area contributed by atoms with Crippen LogP contribution in [0, 0.1) is 6.92 Å². The number of aromatic nitrogens is 2. The molecule has 0 aliphatic carbocycles. The highest BCUT2D eigenvalue weighted by atomic mass is 32.2. The molecule has 0 fully saturated rings. The lowest BCUT2D eigenvalue weighted by atomic mass is 10.2. The van der Waals surface area contributed by atoms with Crippen molar-refractivity contribution in [2.24, 2.45) is 0 Å². The van der Waals surface area contributed by atoms with Gasteiger partial charge in [0.2, 0.25) is 0 Å². The van der Waals surface area contributed by atoms with E-state index in [0.29, 0.717) is 11.8 Å². The summed E-state index contributed by atoms with van der Waals surface area (Å²) in [7, 11) is 1.65. The van der Waals surface area contributed by atoms with Crippen molar-refractivity contribution in [1.82, 2.24) is 9.55 Å². The first-order valence-electron chi connectivity index (χ1n) is 6.09. The fraction of sp³-hybridized carbons (Fsp3) is 0.286. The van der Waals surface area contributed by atoms with Crippen molar-refractivity contribution >= 4 is 17.7 Å². The van der Waals surface area contributed by atoms with E-state index in [1.165, 1.54) is 11.8 Å². The predicted molar refractivity (Wildman–Crippen MR) is 77.4 cm³/mol. The molecular formula is C14H16N2O3S. The maximum absolute atomic E-state index is 10.7. The van der Waals surface area contributed by atoms with Crippen LogP contribution in [0.25, 0.3) is 5.69 Å². The quantitative estimate of drug-likeness (QED) is 0.829. The highest BCUT2D eigenvalue weighted by Crippen LogP contribution is 2.22. The molecule has 0 aliphatic rings. The molecule has 0 saturated heterocycles. The van der Waals surface area contributed by atoms with Gasteiger partial charge >= 0.3 is 5.97 Å². The molecule has 20 heavy (non-hydrogen) atoms. The van der Waals surface area contributed by atoms with Gasteiger partial charge in [-0.2, -0.15) is 0 Å². The third-order valence-electron chi connectivity index (χ3n) is 2.62. The average molecular weight is 292 g/mol. The maximum Gasteiger partial charge on any atom is 0.313 e. The third-order valence-corrected chi connectivity index (χ3v) is 3.56. The van der Waals surface area contributed by atoms with Gasteiger partial charge in [0.1, 0.15) is 0 Å². The summed E-state index contributed by atoms with van der Waals surface area (Å²) in [6, 6.07) is 7.91. The standard InChI is InChI=1S/C14H16N2O3S/c1-10-7-16(14(15-10)20-9-13(17)18)12-5-3-4-11(6-12)8-19-2/h3-7H,8-9H2,1-2H3,(H,17,18). The molecule has 0 atom stereocenters. The number of hydrogen-bond donors (Lipinski definition) is 1. The van der Waals surface area contributed by atoms with Gasteiger partial charge in [0.05, 0.1) is 18.1 Å². The van der Waals surface area contributed by atoms with Gasteiger partial charge < -0.3 is 9.84 Å². The van der Waals surface area contributed by atoms with E-state index < -0.39 is 5.97 Å². The highest BCUT2D eigenvalue weighted by Gasteiger charge is 2.10. The first-order valence-corrected chi connectivity index (χ1v) is 7.07. The Balaban J connectivity index is 2.31. The van der Waals surface area contributed by atoms with Crippen LogP contribution in [0.3, 0.4) is 0 Å². The van der Waals surface area contributed by atoms with E-state index >= 15 is 0 Å². The van der Waals surface area contributed by atoms with Crippen molar-refractivity contribution in [3.8, 4) is 5.69 Å². The van der Waals surface area contributed by atoms with Crippen LogP contribution in [0.5, 0.6) is 0 Å². The number of rotatable bonds is 6. The monoisotopic (exact) mass is 292 g/mol. The molecule has 0 saturated carbocycles. The summed E-state index contributed by atoms with van der Waals surface area (Å²) in [5, 5.41) is 9.46. The van der Waals surface area contributed by atoms with Gasteiger partial charge in [-0.1, -0.05) is 23.9 Å². The van der Waals surface area contributed by atoms with Crippen molar-refractivity contribution in [3.63, 3.8) is 0 Å². The van der Waals surface area contributed by atoms with Gasteiger partial charge in [0.25, 0.3) is 0 Å². The van der Waals surface area contributed by atoms with Crippen LogP contribution < -0.4 is 0 Å². The third kappa shape index (κ3) is 3.61. The Bertz CT molecular complexity index is 610. The van der Waals surface area contributed by atoms with E-state index in [-0.39, 0.29) is 5.75 Å². The Kier molecular flexibility index (Phi) is 4.81. The van der Waals surface area contributed by atoms with Crippen molar-refractivity contribution in [3.05, 3.63) is 41.7 Å². The zero-order valence-corrected chi connectivity index (χ0v) is 12.2. The summed E-state index contributed by atoms with van der Waals surface area (Å²) in [4.78, 5) is 15.1. The van der Waals surface area contributed by atoms with Crippen molar-refractivity contribution in [2.75, 3.05) is 12.9 Å². The van der Waals surface area contributed by atoms with E-state index in [2.05, 4.69) is 4.98 Å². The molecule has 0 amide bonds. The van der Waals surface area contributed by atoms with Crippen LogP contribution in [0.2, 0.25) is 0 Å². The van der Waals surface area contributed by atoms with Crippen LogP contribution >= 0.6 is 11.8 Å². The minimum atomic E-state index is -0.852. The molecule has 0 spiro atoms. The summed E-state index contributed by atoms with van der Waals surface area (Å²) < 4.78 is 7.03. The lowest BCUT2D eigenvalue weighted by molar-refractivity contribution is -0.133. The number of aliphatic carboxylic acids is 1. The van der Waals surface area contributed by atoms with E-state index in [1.807, 2.05) is 42.0 Å². The molecule has 106 valence electrons. The van der Waals surface area contributed by atoms with Crippen molar-refractivity contribution in [1.29, 1.82) is 0 Å². The fourth-order valence-electron chi connectivity index (χ4n) is 1.85. The number of thioether (sulfide) groups is 1. The highest BCUT2D eigenvalue weighted by molar-refractivity contribution is 7.99. The number of hydrogen-bond acceptors (Lipinski definition) is 4. The van der Waals surface area contributed by atoms with E-state index in [9.17, 15) is 4.79 Å². The smallest absolute Gasteiger partial charge is 0.313 e. The molecule has 1 heterocycles. The molecule has 2 rings (SSSR count). The number of carboxylic acid groups (broad SMARTS) is 1. The molecule has 1 N–H and O–H groups in total. The number of benzene rings is 1. The zero-order chi connectivity index (χ0) is 14.5. The molecule has 1 aromatic carbocycles. The summed E-state index contributed by atoms with van der Waals surface area (Å²) in [6.07, 6.45) is 1.90. The first-order chi connectivity index (χ1) is 9.60. The topological polar surface area (TPSA) is 64.4 Å². The van der Waals surface area contributed by atoms with Gasteiger partial charge in [-0.15, -0.1) is 0 Å². The van der Waals surface area contributed by atoms with E-state index in [0.717, 1.165) is 16.9 Å². The molecular weight excluding hydrogens is 276 g/mol. The molecule has 1 aromatic heterocycles. The maximum atomic E-state index is 10.7. The van der Waals surface area contributed by atoms with Crippen LogP contribution in [0.4, 0.5) is 0 Å². The number of carbonyl (C=O) groups is 1. The fourth-order valence-corrected chi connectivity index (χ4v) is 2.61. The molecule has 5 nitrogen and oxygen atoms in total. The Morgan fingerprint density at radius 3 is 3.00 bits per heavy atom. The summed E-state index contributed by atoms with van der Waals surface area (Å²) in [5.41, 5.74) is 2.87. The SMILES string of the molecule is COCc1cccc(-n2cc(C)nc2SCC(=O)O)c1. The second kappa shape index (κ2) is 6.58. The van der Waals surface area contributed by atoms with Gasteiger partial charge in [0, 0.05) is 19.0 Å². The number of imidazole rings is 1. The molecule has 2 aromatic rings. The number of ether oxygens (including phenoxy) is 1. The van der Waals surface area contributed by atoms with Gasteiger partial charge in [-0.3, -0.25) is 9.36 Å². The van der Waals surface area contributed by atoms with Gasteiger partial charge in [0.15, 0.2) is 5.16 Å². The zero-order valence-electron chi connectivity index (χ0n) is 11.4. The van der Waals surface area contributed by atoms with Gasteiger partial charge in [-0.25, -0.2) is 4.98 Å². The Hall–Kier alpha value is -1.79. The number of nitrogens with zero attached hydrogens (tertiary/aromatic N) is 2. The van der Waals surface area contributed by atoms with Crippen LogP contribution in [-0.2, 0) is 16.1 Å². The van der Waals surface area contributed by atoms with Crippen LogP contribution in [0.1, 0.15) is 11.3 Å². The summed E-state index contributed by atoms with van der Waals surface area (Å²) in [6.45, 7) is 2.43. The van der Waals surface area contributed by atoms with Crippen LogP contribution in [0.15, 0.2) is 35.6 Å². The molecule has 0 radical (unpaired) electrons. The lowest BCUT2D eigenvalue weighted by Gasteiger charge is -2.08. The second-order valence-corrected chi connectivity index (χ2v) is 5.26. The Morgan fingerprint density at radius 2 is 2.30 bits per heavy atom. The number of methoxy groups -OCH3 is 1. The average Bonchev–Trinajstić information content (AvgIpc) is 2.78. The minimum absolute atomic E-state index is 0.00574. The van der Waals surface area contributed by atoms with Crippen molar-refractivity contribution in [2.45, 2.75) is 18.7 Å². The molecule has 0 aliphatic heterocycles. The first kappa shape index (κ1) is 14.6. The van der Waals surface area contributed by atoms with E-state index in [4.69, 9.17) is 9.84 Å². The molecule has 0 unspecified atom stereocenters. The van der Waals surface area contributed by atoms with Crippen LogP contribution in [-0.4, -0.2) is 33.5 Å². The summed E-state index contributed by atoms with van der Waals surface area (Å²) in [5.74, 6) is -0.857. The number of carboxylic acids is 1. The molecule has 6 heteroatoms. The minimum Gasteiger partial charge on any atom is -0.481 e. The Labute approximate surface area is 121 Å². The summed E-state index contributed by atoms with van der Waals surface area (Å²) >= 11 is 1.21. The number of aryl methyl sites for hydroxylation is 1. The Morgan fingerprint density at radius 1 is 1.50 bits per heavy atom. The predicted octanol–water partition coefficient (Wildman–Crippen LogP) is 2.50. The molecule has 0 bridgehead atoms. The van der Waals surface area contributed by atoms with E-state index in [1.54, 1.807) is 7.11 Å².